The molecule has 4 rings (SSSR count). The normalized spacial score (nSPS) is 13.0. The summed E-state index contributed by atoms with van der Waals surface area (Å²) in [4.78, 5) is 33.8. The number of benzene rings is 2. The Morgan fingerprint density at radius 3 is 2.12 bits per heavy atom. The summed E-state index contributed by atoms with van der Waals surface area (Å²) in [6.45, 7) is 3.71. The molecule has 0 fully saturated rings. The number of pyridine rings is 1. The Balaban J connectivity index is 1.55. The standard InChI is InChI=1S/C28H32N4O5S2Si/c1-28(2,40(37,23-9-5-3-6-10-23)24-11-7-4-8-12-24)19-21(15-17-33)26(34)31-25-14-13-22(20-30-25)39(35,36)32-27-29-16-18-38-27/h3-14,16,18,20-21,33,37H,15,17,19H2,1-2H3,(H,29,32)(H,30,31,34)/t21-/m0/s1. The molecule has 210 valence electrons. The summed E-state index contributed by atoms with van der Waals surface area (Å²) in [5, 5.41) is 15.4. The molecule has 9 nitrogen and oxygen atoms in total. The molecule has 4 aromatic rings. The van der Waals surface area contributed by atoms with Gasteiger partial charge >= 0.3 is 0 Å². The van der Waals surface area contributed by atoms with Gasteiger partial charge in [0.05, 0.1) is 0 Å². The van der Waals surface area contributed by atoms with Gasteiger partial charge in [0.15, 0.2) is 5.13 Å². The highest BCUT2D eigenvalue weighted by Gasteiger charge is 2.51. The lowest BCUT2D eigenvalue weighted by Gasteiger charge is -2.42. The lowest BCUT2D eigenvalue weighted by atomic mass is 9.92. The molecular formula is C28H32N4O5S2Si. The molecule has 0 saturated carbocycles. The molecule has 2 aromatic heterocycles. The van der Waals surface area contributed by atoms with E-state index in [9.17, 15) is 23.1 Å². The number of thiazole rings is 1. The van der Waals surface area contributed by atoms with Gasteiger partial charge in [-0.3, -0.25) is 9.52 Å². The summed E-state index contributed by atoms with van der Waals surface area (Å²) in [7, 11) is -7.25. The zero-order valence-corrected chi connectivity index (χ0v) is 24.8. The number of aliphatic hydroxyl groups excluding tert-OH is 1. The maximum absolute atomic E-state index is 13.4. The Morgan fingerprint density at radius 2 is 1.62 bits per heavy atom. The van der Waals surface area contributed by atoms with Gasteiger partial charge in [-0.05, 0) is 40.4 Å². The maximum atomic E-state index is 13.4. The van der Waals surface area contributed by atoms with Crippen molar-refractivity contribution in [3.05, 3.63) is 90.6 Å². The van der Waals surface area contributed by atoms with Crippen molar-refractivity contribution in [3.8, 4) is 0 Å². The van der Waals surface area contributed by atoms with Gasteiger partial charge in [0.1, 0.15) is 10.7 Å². The van der Waals surface area contributed by atoms with Crippen LogP contribution in [0.3, 0.4) is 0 Å². The molecule has 0 aliphatic rings. The van der Waals surface area contributed by atoms with Crippen LogP contribution in [-0.2, 0) is 14.8 Å². The first-order valence-corrected chi connectivity index (χ1v) is 17.0. The number of rotatable bonds is 12. The van der Waals surface area contributed by atoms with Crippen LogP contribution in [0.4, 0.5) is 10.9 Å². The summed E-state index contributed by atoms with van der Waals surface area (Å²) in [5.41, 5.74) is 0. The Morgan fingerprint density at radius 1 is 1.00 bits per heavy atom. The van der Waals surface area contributed by atoms with Crippen LogP contribution in [-0.4, -0.2) is 49.1 Å². The second-order valence-corrected chi connectivity index (χ2v) is 16.6. The Hall–Kier alpha value is -3.42. The van der Waals surface area contributed by atoms with Gasteiger partial charge in [-0.2, -0.15) is 0 Å². The van der Waals surface area contributed by atoms with E-state index in [4.69, 9.17) is 0 Å². The lowest BCUT2D eigenvalue weighted by Crippen LogP contribution is -2.65. The van der Waals surface area contributed by atoms with Gasteiger partial charge in [-0.25, -0.2) is 18.4 Å². The number of carbonyl (C=O) groups is 1. The highest BCUT2D eigenvalue weighted by atomic mass is 32.2. The van der Waals surface area contributed by atoms with Crippen LogP contribution in [0.2, 0.25) is 5.04 Å². The minimum atomic E-state index is -3.88. The molecule has 40 heavy (non-hydrogen) atoms. The van der Waals surface area contributed by atoms with Crippen molar-refractivity contribution in [1.29, 1.82) is 0 Å². The molecule has 0 radical (unpaired) electrons. The molecule has 12 heteroatoms. The third-order valence-corrected chi connectivity index (χ3v) is 13.6. The second kappa shape index (κ2) is 12.4. The van der Waals surface area contributed by atoms with E-state index in [1.54, 1.807) is 5.38 Å². The van der Waals surface area contributed by atoms with Gasteiger partial charge in [-0.15, -0.1) is 11.3 Å². The lowest BCUT2D eigenvalue weighted by molar-refractivity contribution is -0.120. The molecule has 1 atom stereocenters. The van der Waals surface area contributed by atoms with Crippen LogP contribution < -0.4 is 20.4 Å². The van der Waals surface area contributed by atoms with Gasteiger partial charge in [-0.1, -0.05) is 74.5 Å². The number of nitrogens with one attached hydrogen (secondary N) is 2. The van der Waals surface area contributed by atoms with E-state index in [0.29, 0.717) is 6.42 Å². The summed E-state index contributed by atoms with van der Waals surface area (Å²) >= 11 is 1.15. The number of aromatic nitrogens is 2. The number of carbonyl (C=O) groups excluding carboxylic acids is 1. The highest BCUT2D eigenvalue weighted by Crippen LogP contribution is 2.42. The molecule has 2 aromatic carbocycles. The van der Waals surface area contributed by atoms with Crippen LogP contribution in [0, 0.1) is 5.92 Å². The van der Waals surface area contributed by atoms with Crippen LogP contribution >= 0.6 is 11.3 Å². The molecule has 0 aliphatic carbocycles. The van der Waals surface area contributed by atoms with Gasteiger partial charge in [0, 0.05) is 30.3 Å². The fourth-order valence-corrected chi connectivity index (χ4v) is 10.4. The third kappa shape index (κ3) is 6.48. The van der Waals surface area contributed by atoms with E-state index in [1.807, 2.05) is 74.5 Å². The minimum Gasteiger partial charge on any atom is -0.424 e. The number of sulfonamides is 1. The predicted molar refractivity (Wildman–Crippen MR) is 160 cm³/mol. The fraction of sp³-hybridized carbons (Fsp3) is 0.250. The van der Waals surface area contributed by atoms with Crippen molar-refractivity contribution in [3.63, 3.8) is 0 Å². The van der Waals surface area contributed by atoms with Gasteiger partial charge < -0.3 is 15.2 Å². The number of hydrogen-bond donors (Lipinski definition) is 4. The first kappa shape index (κ1) is 29.6. The monoisotopic (exact) mass is 596 g/mol. The van der Waals surface area contributed by atoms with E-state index in [1.165, 1.54) is 18.3 Å². The summed E-state index contributed by atoms with van der Waals surface area (Å²) in [5.74, 6) is -0.829. The number of aliphatic hydroxyl groups is 1. The van der Waals surface area contributed by atoms with E-state index in [0.717, 1.165) is 27.9 Å². The average molecular weight is 597 g/mol. The maximum Gasteiger partial charge on any atom is 0.265 e. The zero-order valence-electron chi connectivity index (χ0n) is 22.2. The number of amides is 1. The first-order valence-electron chi connectivity index (χ1n) is 12.7. The average Bonchev–Trinajstić information content (AvgIpc) is 3.46. The quantitative estimate of drug-likeness (QED) is 0.184. The number of hydrogen-bond acceptors (Lipinski definition) is 8. The van der Waals surface area contributed by atoms with E-state index >= 15 is 0 Å². The molecule has 0 saturated heterocycles. The number of anilines is 2. The van der Waals surface area contributed by atoms with Crippen molar-refractivity contribution < 1.29 is 23.1 Å². The fourth-order valence-electron chi connectivity index (χ4n) is 4.84. The SMILES string of the molecule is CC(C)(C[C@H](CCO)C(=O)Nc1ccc(S(=O)(=O)Nc2nccs2)cn1)[Si](O)(c1ccccc1)c1ccccc1. The van der Waals surface area contributed by atoms with Crippen LogP contribution in [0.15, 0.2) is 95.5 Å². The molecule has 4 N–H and O–H groups in total. The Labute approximate surface area is 239 Å². The van der Waals surface area contributed by atoms with Crippen molar-refractivity contribution >= 4 is 56.9 Å². The number of nitrogens with zero attached hydrogens (tertiary/aromatic N) is 2. The van der Waals surface area contributed by atoms with Crippen LogP contribution in [0.1, 0.15) is 26.7 Å². The minimum absolute atomic E-state index is 0.0736. The summed E-state index contributed by atoms with van der Waals surface area (Å²) in [6, 6.07) is 21.8. The van der Waals surface area contributed by atoms with Gasteiger partial charge in [0.2, 0.25) is 5.91 Å². The molecule has 2 heterocycles. The van der Waals surface area contributed by atoms with Crippen LogP contribution in [0.25, 0.3) is 0 Å². The van der Waals surface area contributed by atoms with E-state index < -0.39 is 29.3 Å². The molecule has 1 amide bonds. The van der Waals surface area contributed by atoms with Gasteiger partial charge in [0.25, 0.3) is 18.3 Å². The second-order valence-electron chi connectivity index (χ2n) is 10.1. The summed E-state index contributed by atoms with van der Waals surface area (Å²) < 4.78 is 27.6. The predicted octanol–water partition coefficient (Wildman–Crippen LogP) is 3.20. The molecule has 0 spiro atoms. The smallest absolute Gasteiger partial charge is 0.265 e. The molecule has 0 bridgehead atoms. The van der Waals surface area contributed by atoms with Crippen molar-refractivity contribution in [2.24, 2.45) is 5.92 Å². The van der Waals surface area contributed by atoms with Crippen molar-refractivity contribution in [2.45, 2.75) is 36.6 Å². The van der Waals surface area contributed by atoms with Crippen molar-refractivity contribution in [1.82, 2.24) is 9.97 Å². The van der Waals surface area contributed by atoms with E-state index in [2.05, 4.69) is 20.0 Å². The van der Waals surface area contributed by atoms with E-state index in [-0.39, 0.29) is 34.8 Å². The molecule has 0 aliphatic heterocycles. The zero-order chi connectivity index (χ0) is 28.8. The first-order chi connectivity index (χ1) is 19.1. The topological polar surface area (TPSA) is 142 Å². The Kier molecular flexibility index (Phi) is 9.16. The van der Waals surface area contributed by atoms with Crippen LogP contribution in [0.5, 0.6) is 0 Å². The molecular weight excluding hydrogens is 565 g/mol. The third-order valence-electron chi connectivity index (χ3n) is 6.92. The Bertz CT molecular complexity index is 1460. The molecule has 0 unspecified atom stereocenters. The highest BCUT2D eigenvalue weighted by molar-refractivity contribution is 7.93. The summed E-state index contributed by atoms with van der Waals surface area (Å²) in [6.07, 6.45) is 3.14. The largest absolute Gasteiger partial charge is 0.424 e. The van der Waals surface area contributed by atoms with Crippen molar-refractivity contribution in [2.75, 3.05) is 16.6 Å².